The van der Waals surface area contributed by atoms with E-state index < -0.39 is 17.6 Å². The van der Waals surface area contributed by atoms with E-state index in [-0.39, 0.29) is 11.5 Å². The summed E-state index contributed by atoms with van der Waals surface area (Å²) in [6, 6.07) is 8.63. The molecular formula is C15H9BrF2O3. The SMILES string of the molecule is O=C(O)/C=C/c1cccc(Oc2cc(Br)cc(F)c2F)c1. The molecule has 0 saturated carbocycles. The fourth-order valence-electron chi connectivity index (χ4n) is 1.58. The lowest BCUT2D eigenvalue weighted by molar-refractivity contribution is -0.131. The molecule has 21 heavy (non-hydrogen) atoms. The molecule has 0 heterocycles. The summed E-state index contributed by atoms with van der Waals surface area (Å²) in [5.41, 5.74) is 0.561. The van der Waals surface area contributed by atoms with Gasteiger partial charge >= 0.3 is 5.97 Å². The number of hydrogen-bond donors (Lipinski definition) is 1. The van der Waals surface area contributed by atoms with Gasteiger partial charge in [0.25, 0.3) is 0 Å². The van der Waals surface area contributed by atoms with Crippen LogP contribution in [0.5, 0.6) is 11.5 Å². The van der Waals surface area contributed by atoms with Crippen LogP contribution < -0.4 is 4.74 Å². The Morgan fingerprint density at radius 2 is 2.00 bits per heavy atom. The Morgan fingerprint density at radius 1 is 1.24 bits per heavy atom. The van der Waals surface area contributed by atoms with Crippen LogP contribution in [0.25, 0.3) is 6.08 Å². The lowest BCUT2D eigenvalue weighted by atomic mass is 10.2. The van der Waals surface area contributed by atoms with E-state index in [0.717, 1.165) is 12.1 Å². The molecule has 0 saturated heterocycles. The highest BCUT2D eigenvalue weighted by Gasteiger charge is 2.12. The molecule has 0 fully saturated rings. The Labute approximate surface area is 127 Å². The second-order valence-corrected chi connectivity index (χ2v) is 4.96. The third kappa shape index (κ3) is 4.13. The van der Waals surface area contributed by atoms with Crippen LogP contribution in [0.2, 0.25) is 0 Å². The fraction of sp³-hybridized carbons (Fsp3) is 0. The van der Waals surface area contributed by atoms with Gasteiger partial charge < -0.3 is 9.84 Å². The van der Waals surface area contributed by atoms with Crippen molar-refractivity contribution in [2.75, 3.05) is 0 Å². The zero-order valence-electron chi connectivity index (χ0n) is 10.5. The van der Waals surface area contributed by atoms with Crippen LogP contribution in [0, 0.1) is 11.6 Å². The first-order valence-electron chi connectivity index (χ1n) is 5.79. The zero-order valence-corrected chi connectivity index (χ0v) is 12.1. The molecule has 0 radical (unpaired) electrons. The van der Waals surface area contributed by atoms with Gasteiger partial charge in [0.2, 0.25) is 5.82 Å². The molecule has 2 rings (SSSR count). The van der Waals surface area contributed by atoms with Gasteiger partial charge in [-0.05, 0) is 35.9 Å². The van der Waals surface area contributed by atoms with Gasteiger partial charge in [0, 0.05) is 10.5 Å². The first kappa shape index (κ1) is 15.2. The maximum atomic E-state index is 13.6. The van der Waals surface area contributed by atoms with Crippen LogP contribution in [0.3, 0.4) is 0 Å². The van der Waals surface area contributed by atoms with Crippen molar-refractivity contribution in [1.29, 1.82) is 0 Å². The first-order chi connectivity index (χ1) is 9.95. The quantitative estimate of drug-likeness (QED) is 0.643. The summed E-state index contributed by atoms with van der Waals surface area (Å²) in [6.45, 7) is 0. The minimum Gasteiger partial charge on any atom is -0.478 e. The van der Waals surface area contributed by atoms with Gasteiger partial charge in [0.15, 0.2) is 11.6 Å². The average Bonchev–Trinajstić information content (AvgIpc) is 2.42. The highest BCUT2D eigenvalue weighted by molar-refractivity contribution is 9.10. The Hall–Kier alpha value is -2.21. The maximum Gasteiger partial charge on any atom is 0.328 e. The lowest BCUT2D eigenvalue weighted by Gasteiger charge is -2.08. The molecule has 0 amide bonds. The van der Waals surface area contributed by atoms with E-state index in [0.29, 0.717) is 10.0 Å². The van der Waals surface area contributed by atoms with E-state index in [2.05, 4.69) is 15.9 Å². The van der Waals surface area contributed by atoms with Crippen molar-refractivity contribution >= 4 is 28.0 Å². The first-order valence-corrected chi connectivity index (χ1v) is 6.58. The second kappa shape index (κ2) is 6.49. The predicted octanol–water partition coefficient (Wildman–Crippen LogP) is 4.62. The molecule has 3 nitrogen and oxygen atoms in total. The van der Waals surface area contributed by atoms with Crippen LogP contribution in [0.4, 0.5) is 8.78 Å². The summed E-state index contributed by atoms with van der Waals surface area (Å²) in [4.78, 5) is 10.5. The van der Waals surface area contributed by atoms with E-state index in [1.807, 2.05) is 0 Å². The number of aliphatic carboxylic acids is 1. The van der Waals surface area contributed by atoms with E-state index in [1.54, 1.807) is 18.2 Å². The lowest BCUT2D eigenvalue weighted by Crippen LogP contribution is -1.92. The molecule has 0 aromatic heterocycles. The molecule has 108 valence electrons. The Morgan fingerprint density at radius 3 is 2.71 bits per heavy atom. The average molecular weight is 355 g/mol. The summed E-state index contributed by atoms with van der Waals surface area (Å²) in [6.07, 6.45) is 2.34. The molecule has 2 aromatic carbocycles. The molecule has 0 spiro atoms. The van der Waals surface area contributed by atoms with Gasteiger partial charge in [-0.15, -0.1) is 0 Å². The van der Waals surface area contributed by atoms with Crippen molar-refractivity contribution in [2.24, 2.45) is 0 Å². The summed E-state index contributed by atoms with van der Waals surface area (Å²) in [7, 11) is 0. The van der Waals surface area contributed by atoms with Crippen LogP contribution in [-0.4, -0.2) is 11.1 Å². The number of rotatable bonds is 4. The van der Waals surface area contributed by atoms with Crippen molar-refractivity contribution in [2.45, 2.75) is 0 Å². The van der Waals surface area contributed by atoms with E-state index >= 15 is 0 Å². The van der Waals surface area contributed by atoms with Crippen LogP contribution in [0.15, 0.2) is 46.9 Å². The summed E-state index contributed by atoms with van der Waals surface area (Å²) in [5.74, 6) is -3.20. The smallest absolute Gasteiger partial charge is 0.328 e. The summed E-state index contributed by atoms with van der Waals surface area (Å²) >= 11 is 3.05. The molecule has 0 unspecified atom stereocenters. The van der Waals surface area contributed by atoms with E-state index in [4.69, 9.17) is 9.84 Å². The number of ether oxygens (including phenoxy) is 1. The molecule has 0 atom stereocenters. The monoisotopic (exact) mass is 354 g/mol. The molecule has 0 aliphatic carbocycles. The van der Waals surface area contributed by atoms with Crippen LogP contribution >= 0.6 is 15.9 Å². The molecule has 0 aliphatic heterocycles. The molecule has 0 aliphatic rings. The topological polar surface area (TPSA) is 46.5 Å². The molecule has 2 aromatic rings. The van der Waals surface area contributed by atoms with Crippen molar-refractivity contribution in [3.8, 4) is 11.5 Å². The van der Waals surface area contributed by atoms with Crippen molar-refractivity contribution < 1.29 is 23.4 Å². The van der Waals surface area contributed by atoms with E-state index in [9.17, 15) is 13.6 Å². The third-order valence-electron chi connectivity index (χ3n) is 2.46. The highest BCUT2D eigenvalue weighted by atomic mass is 79.9. The Bertz CT molecular complexity index is 714. The molecular weight excluding hydrogens is 346 g/mol. The van der Waals surface area contributed by atoms with Crippen molar-refractivity contribution in [3.63, 3.8) is 0 Å². The number of halogens is 3. The van der Waals surface area contributed by atoms with Crippen molar-refractivity contribution in [1.82, 2.24) is 0 Å². The van der Waals surface area contributed by atoms with Crippen molar-refractivity contribution in [3.05, 3.63) is 64.1 Å². The van der Waals surface area contributed by atoms with Crippen LogP contribution in [-0.2, 0) is 4.79 Å². The minimum atomic E-state index is -1.09. The number of hydrogen-bond acceptors (Lipinski definition) is 2. The zero-order chi connectivity index (χ0) is 15.4. The molecule has 6 heteroatoms. The number of carboxylic acids is 1. The van der Waals surface area contributed by atoms with Gasteiger partial charge in [-0.3, -0.25) is 0 Å². The molecule has 1 N–H and O–H groups in total. The van der Waals surface area contributed by atoms with Gasteiger partial charge in [-0.25, -0.2) is 9.18 Å². The molecule has 0 bridgehead atoms. The van der Waals surface area contributed by atoms with Gasteiger partial charge in [0.05, 0.1) is 0 Å². The van der Waals surface area contributed by atoms with E-state index in [1.165, 1.54) is 18.2 Å². The predicted molar refractivity (Wildman–Crippen MR) is 77.2 cm³/mol. The minimum absolute atomic E-state index is 0.263. The fourth-order valence-corrected chi connectivity index (χ4v) is 1.99. The normalized spacial score (nSPS) is 10.8. The number of carboxylic acid groups (broad SMARTS) is 1. The highest BCUT2D eigenvalue weighted by Crippen LogP contribution is 2.30. The Balaban J connectivity index is 2.28. The standard InChI is InChI=1S/C15H9BrF2O3/c16-10-7-12(17)15(18)13(8-10)21-11-3-1-2-9(6-11)4-5-14(19)20/h1-8H,(H,19,20)/b5-4+. The third-order valence-corrected chi connectivity index (χ3v) is 2.92. The largest absolute Gasteiger partial charge is 0.478 e. The number of benzene rings is 2. The maximum absolute atomic E-state index is 13.6. The van der Waals surface area contributed by atoms with Gasteiger partial charge in [-0.1, -0.05) is 28.1 Å². The van der Waals surface area contributed by atoms with Crippen LogP contribution in [0.1, 0.15) is 5.56 Å². The summed E-state index contributed by atoms with van der Waals surface area (Å²) < 4.78 is 32.5. The summed E-state index contributed by atoms with van der Waals surface area (Å²) in [5, 5.41) is 8.56. The second-order valence-electron chi connectivity index (χ2n) is 4.05. The Kier molecular flexibility index (Phi) is 4.70. The number of carbonyl (C=O) groups is 1. The van der Waals surface area contributed by atoms with Gasteiger partial charge in [-0.2, -0.15) is 4.39 Å². The van der Waals surface area contributed by atoms with Gasteiger partial charge in [0.1, 0.15) is 5.75 Å².